The molecule has 2 aliphatic heterocycles. The molecule has 0 atom stereocenters. The zero-order valence-electron chi connectivity index (χ0n) is 4.83. The van der Waals surface area contributed by atoms with E-state index in [2.05, 4.69) is 16.1 Å². The number of aliphatic imine (C=N–C) groups is 2. The average molecular weight is 117 g/mol. The molecule has 2 heterocycles. The van der Waals surface area contributed by atoms with Gasteiger partial charge < -0.3 is 0 Å². The minimum absolute atomic E-state index is 0.749. The van der Waals surface area contributed by atoms with Gasteiger partial charge in [0, 0.05) is 11.8 Å². The zero-order chi connectivity index (χ0) is 6.10. The number of rotatable bonds is 0. The molecule has 0 aliphatic carbocycles. The molecule has 2 nitrogen and oxygen atoms in total. The van der Waals surface area contributed by atoms with Crippen molar-refractivity contribution in [3.8, 4) is 0 Å². The Hall–Kier alpha value is -1.18. The molecule has 2 rings (SSSR count). The van der Waals surface area contributed by atoms with Gasteiger partial charge in [-0.25, -0.2) is 0 Å². The van der Waals surface area contributed by atoms with Crippen molar-refractivity contribution in [2.45, 2.75) is 0 Å². The molecule has 0 amide bonds. The van der Waals surface area contributed by atoms with Gasteiger partial charge in [0.2, 0.25) is 0 Å². The van der Waals surface area contributed by atoms with Crippen molar-refractivity contribution >= 4 is 11.9 Å². The molecule has 0 unspecified atom stereocenters. The van der Waals surface area contributed by atoms with Gasteiger partial charge in [0.25, 0.3) is 0 Å². The molecule has 2 aliphatic rings. The van der Waals surface area contributed by atoms with Crippen LogP contribution in [-0.4, -0.2) is 18.5 Å². The standard InChI is InChI=1S/C7H5N2/c1-2-6-4-8-5-7(6)9-3-1/h1,4-5H,3H2. The van der Waals surface area contributed by atoms with E-state index < -0.39 is 0 Å². The first-order chi connectivity index (χ1) is 4.47. The second-order valence-corrected chi connectivity index (χ2v) is 1.90. The van der Waals surface area contributed by atoms with Gasteiger partial charge in [-0.05, 0) is 6.08 Å². The molecule has 9 heavy (non-hydrogen) atoms. The summed E-state index contributed by atoms with van der Waals surface area (Å²) in [6.45, 7) is 0.749. The highest BCUT2D eigenvalue weighted by Crippen LogP contribution is 2.08. The lowest BCUT2D eigenvalue weighted by Gasteiger charge is -1.98. The van der Waals surface area contributed by atoms with Gasteiger partial charge in [0.05, 0.1) is 18.5 Å². The van der Waals surface area contributed by atoms with Gasteiger partial charge in [-0.15, -0.1) is 0 Å². The Kier molecular flexibility index (Phi) is 0.859. The maximum absolute atomic E-state index is 4.17. The fourth-order valence-electron chi connectivity index (χ4n) is 0.855. The first-order valence-corrected chi connectivity index (χ1v) is 2.83. The summed E-state index contributed by atoms with van der Waals surface area (Å²) in [5, 5.41) is 0. The van der Waals surface area contributed by atoms with E-state index in [1.807, 2.05) is 6.08 Å². The molecular weight excluding hydrogens is 112 g/mol. The lowest BCUT2D eigenvalue weighted by atomic mass is 10.1. The molecule has 1 radical (unpaired) electrons. The van der Waals surface area contributed by atoms with Gasteiger partial charge >= 0.3 is 0 Å². The smallest absolute Gasteiger partial charge is 0.0854 e. The number of hydrogen-bond donors (Lipinski definition) is 0. The first kappa shape index (κ1) is 4.68. The van der Waals surface area contributed by atoms with Crippen LogP contribution in [0.5, 0.6) is 0 Å². The number of allylic oxidation sites excluding steroid dienone is 2. The minimum atomic E-state index is 0.749. The summed E-state index contributed by atoms with van der Waals surface area (Å²) in [4.78, 5) is 8.10. The van der Waals surface area contributed by atoms with E-state index in [1.54, 1.807) is 12.4 Å². The fourth-order valence-corrected chi connectivity index (χ4v) is 0.855. The predicted molar refractivity (Wildman–Crippen MR) is 36.7 cm³/mol. The van der Waals surface area contributed by atoms with Crippen molar-refractivity contribution in [2.24, 2.45) is 9.98 Å². The molecular formula is C7H5N2. The van der Waals surface area contributed by atoms with Crippen LogP contribution >= 0.6 is 0 Å². The van der Waals surface area contributed by atoms with E-state index in [0.717, 1.165) is 17.8 Å². The summed E-state index contributed by atoms with van der Waals surface area (Å²) in [6.07, 6.45) is 8.50. The van der Waals surface area contributed by atoms with E-state index in [-0.39, 0.29) is 0 Å². The van der Waals surface area contributed by atoms with Crippen molar-refractivity contribution < 1.29 is 0 Å². The Morgan fingerprint density at radius 2 is 2.56 bits per heavy atom. The monoisotopic (exact) mass is 117 g/mol. The van der Waals surface area contributed by atoms with Crippen LogP contribution in [0.3, 0.4) is 0 Å². The summed E-state index contributed by atoms with van der Waals surface area (Å²) in [5.41, 5.74) is 1.98. The normalized spacial score (nSPS) is 21.3. The Balaban J connectivity index is 2.46. The van der Waals surface area contributed by atoms with Crippen LogP contribution in [0.25, 0.3) is 0 Å². The SMILES string of the molecule is [C]1=CCN=C2C=NC=C12. The van der Waals surface area contributed by atoms with Crippen LogP contribution in [0, 0.1) is 6.08 Å². The summed E-state index contributed by atoms with van der Waals surface area (Å²) in [6, 6.07) is 0. The van der Waals surface area contributed by atoms with Gasteiger partial charge in [0.1, 0.15) is 0 Å². The number of hydrogen-bond acceptors (Lipinski definition) is 2. The third-order valence-electron chi connectivity index (χ3n) is 1.29. The Morgan fingerprint density at radius 1 is 1.56 bits per heavy atom. The van der Waals surface area contributed by atoms with Crippen LogP contribution in [0.15, 0.2) is 27.8 Å². The molecule has 0 aromatic heterocycles. The summed E-state index contributed by atoms with van der Waals surface area (Å²) in [5.74, 6) is 0. The topological polar surface area (TPSA) is 24.7 Å². The second-order valence-electron chi connectivity index (χ2n) is 1.90. The highest BCUT2D eigenvalue weighted by molar-refractivity contribution is 6.40. The maximum atomic E-state index is 4.17. The van der Waals surface area contributed by atoms with Gasteiger partial charge in [-0.3, -0.25) is 9.98 Å². The van der Waals surface area contributed by atoms with Gasteiger partial charge in [0.15, 0.2) is 0 Å². The Morgan fingerprint density at radius 3 is 3.44 bits per heavy atom. The second kappa shape index (κ2) is 1.65. The van der Waals surface area contributed by atoms with Crippen molar-refractivity contribution in [3.05, 3.63) is 23.9 Å². The molecule has 0 bridgehead atoms. The molecule has 0 fully saturated rings. The third kappa shape index (κ3) is 0.633. The summed E-state index contributed by atoms with van der Waals surface area (Å²) >= 11 is 0. The maximum Gasteiger partial charge on any atom is 0.0854 e. The summed E-state index contributed by atoms with van der Waals surface area (Å²) in [7, 11) is 0. The highest BCUT2D eigenvalue weighted by atomic mass is 14.8. The van der Waals surface area contributed by atoms with Crippen molar-refractivity contribution in [1.82, 2.24) is 0 Å². The number of nitrogens with zero attached hydrogens (tertiary/aromatic N) is 2. The van der Waals surface area contributed by atoms with E-state index in [9.17, 15) is 0 Å². The van der Waals surface area contributed by atoms with Crippen LogP contribution in [0.4, 0.5) is 0 Å². The highest BCUT2D eigenvalue weighted by Gasteiger charge is 2.07. The predicted octanol–water partition coefficient (Wildman–Crippen LogP) is 0.769. The van der Waals surface area contributed by atoms with E-state index in [1.165, 1.54) is 0 Å². The molecule has 43 valence electrons. The molecule has 0 saturated heterocycles. The fraction of sp³-hybridized carbons (Fsp3) is 0.143. The van der Waals surface area contributed by atoms with Crippen LogP contribution in [-0.2, 0) is 0 Å². The van der Waals surface area contributed by atoms with E-state index in [4.69, 9.17) is 0 Å². The molecule has 0 saturated carbocycles. The number of fused-ring (bicyclic) bond motifs is 1. The third-order valence-corrected chi connectivity index (χ3v) is 1.29. The van der Waals surface area contributed by atoms with E-state index in [0.29, 0.717) is 0 Å². The molecule has 0 spiro atoms. The molecule has 0 aromatic rings. The first-order valence-electron chi connectivity index (χ1n) is 2.83. The van der Waals surface area contributed by atoms with Crippen LogP contribution in [0.2, 0.25) is 0 Å². The lowest BCUT2D eigenvalue weighted by molar-refractivity contribution is 1.22. The Bertz CT molecular complexity index is 244. The molecule has 0 aromatic carbocycles. The van der Waals surface area contributed by atoms with Gasteiger partial charge in [-0.1, -0.05) is 6.08 Å². The van der Waals surface area contributed by atoms with Crippen molar-refractivity contribution in [2.75, 3.05) is 6.54 Å². The van der Waals surface area contributed by atoms with Gasteiger partial charge in [-0.2, -0.15) is 0 Å². The molecule has 0 N–H and O–H groups in total. The zero-order valence-corrected chi connectivity index (χ0v) is 4.83. The van der Waals surface area contributed by atoms with Crippen molar-refractivity contribution in [3.63, 3.8) is 0 Å². The van der Waals surface area contributed by atoms with Crippen LogP contribution < -0.4 is 0 Å². The molecule has 2 heteroatoms. The van der Waals surface area contributed by atoms with E-state index >= 15 is 0 Å². The van der Waals surface area contributed by atoms with Crippen LogP contribution in [0.1, 0.15) is 0 Å². The quantitative estimate of drug-likeness (QED) is 0.447. The minimum Gasteiger partial charge on any atom is -0.279 e. The van der Waals surface area contributed by atoms with Crippen molar-refractivity contribution in [1.29, 1.82) is 0 Å². The lowest BCUT2D eigenvalue weighted by Crippen LogP contribution is -2.03. The Labute approximate surface area is 53.3 Å². The largest absolute Gasteiger partial charge is 0.279 e. The number of dihydropyridines is 1. The summed E-state index contributed by atoms with van der Waals surface area (Å²) < 4.78 is 0. The average Bonchev–Trinajstić information content (AvgIpc) is 2.33.